The van der Waals surface area contributed by atoms with Crippen LogP contribution < -0.4 is 0 Å². The number of thioether (sulfide) groups is 1. The van der Waals surface area contributed by atoms with Crippen molar-refractivity contribution in [3.63, 3.8) is 0 Å². The molecule has 2 saturated heterocycles. The van der Waals surface area contributed by atoms with E-state index in [1.165, 1.54) is 42.4 Å². The van der Waals surface area contributed by atoms with Crippen molar-refractivity contribution in [3.8, 4) is 0 Å². The minimum Gasteiger partial charge on any atom is -0.385 e. The summed E-state index contributed by atoms with van der Waals surface area (Å²) in [5.74, 6) is 2.12. The van der Waals surface area contributed by atoms with Crippen LogP contribution in [0.2, 0.25) is 0 Å². The summed E-state index contributed by atoms with van der Waals surface area (Å²) >= 11 is 1.95. The van der Waals surface area contributed by atoms with Gasteiger partial charge in [0.15, 0.2) is 0 Å². The van der Waals surface area contributed by atoms with Gasteiger partial charge >= 0.3 is 0 Å². The normalized spacial score (nSPS) is 22.0. The summed E-state index contributed by atoms with van der Waals surface area (Å²) in [6.45, 7) is 3.66. The van der Waals surface area contributed by atoms with Crippen LogP contribution in [0.3, 0.4) is 0 Å². The van der Waals surface area contributed by atoms with E-state index in [9.17, 15) is 5.11 Å². The first-order valence-electron chi connectivity index (χ1n) is 8.88. The third kappa shape index (κ3) is 3.17. The molecule has 0 radical (unpaired) electrons. The third-order valence-corrected chi connectivity index (χ3v) is 6.51. The highest BCUT2D eigenvalue weighted by atomic mass is 32.2. The highest BCUT2D eigenvalue weighted by Gasteiger charge is 2.31. The molecule has 124 valence electrons. The van der Waals surface area contributed by atoms with E-state index < -0.39 is 5.60 Å². The second kappa shape index (κ2) is 6.50. The molecule has 2 aliphatic rings. The summed E-state index contributed by atoms with van der Waals surface area (Å²) in [5.41, 5.74) is 3.07. The topological polar surface area (TPSA) is 39.3 Å². The van der Waals surface area contributed by atoms with E-state index in [2.05, 4.69) is 34.3 Å². The number of likely N-dealkylation sites (tertiary alicyclic amines) is 1. The number of benzene rings is 1. The lowest BCUT2D eigenvalue weighted by molar-refractivity contribution is 0.0282. The van der Waals surface area contributed by atoms with Crippen LogP contribution in [0.4, 0.5) is 0 Å². The molecule has 4 heteroatoms. The first-order valence-corrected chi connectivity index (χ1v) is 10.0. The van der Waals surface area contributed by atoms with Crippen molar-refractivity contribution in [3.05, 3.63) is 35.5 Å². The van der Waals surface area contributed by atoms with Crippen LogP contribution in [0.5, 0.6) is 0 Å². The maximum Gasteiger partial charge on any atom is 0.0912 e. The monoisotopic (exact) mass is 330 g/mol. The molecule has 0 unspecified atom stereocenters. The lowest BCUT2D eigenvalue weighted by atomic mass is 9.87. The van der Waals surface area contributed by atoms with Gasteiger partial charge < -0.3 is 15.0 Å². The molecule has 0 saturated carbocycles. The zero-order chi connectivity index (χ0) is 15.7. The van der Waals surface area contributed by atoms with Gasteiger partial charge in [-0.3, -0.25) is 0 Å². The number of nitrogens with zero attached hydrogens (tertiary/aromatic N) is 1. The van der Waals surface area contributed by atoms with Gasteiger partial charge in [-0.1, -0.05) is 6.07 Å². The quantitative estimate of drug-likeness (QED) is 0.901. The SMILES string of the molecule is OC1(c2ccc3[nH]cc(CCN4CCCC4)c3c2)CCSCC1. The number of H-pyrrole nitrogens is 1. The largest absolute Gasteiger partial charge is 0.385 e. The smallest absolute Gasteiger partial charge is 0.0912 e. The predicted octanol–water partition coefficient (Wildman–Crippen LogP) is 3.52. The van der Waals surface area contributed by atoms with Crippen LogP contribution >= 0.6 is 11.8 Å². The van der Waals surface area contributed by atoms with E-state index in [0.717, 1.165) is 42.9 Å². The Morgan fingerprint density at radius 1 is 1.17 bits per heavy atom. The zero-order valence-corrected chi connectivity index (χ0v) is 14.5. The van der Waals surface area contributed by atoms with Crippen LogP contribution in [-0.2, 0) is 12.0 Å². The van der Waals surface area contributed by atoms with Crippen molar-refractivity contribution in [2.45, 2.75) is 37.7 Å². The van der Waals surface area contributed by atoms with Crippen molar-refractivity contribution in [1.29, 1.82) is 0 Å². The Kier molecular flexibility index (Phi) is 4.39. The van der Waals surface area contributed by atoms with Gasteiger partial charge in [0, 0.05) is 23.6 Å². The van der Waals surface area contributed by atoms with Gasteiger partial charge in [0.2, 0.25) is 0 Å². The van der Waals surface area contributed by atoms with Crippen LogP contribution in [-0.4, -0.2) is 46.1 Å². The first-order chi connectivity index (χ1) is 11.2. The Morgan fingerprint density at radius 2 is 1.96 bits per heavy atom. The maximum atomic E-state index is 11.0. The number of hydrogen-bond donors (Lipinski definition) is 2. The van der Waals surface area contributed by atoms with Crippen molar-refractivity contribution in [2.75, 3.05) is 31.1 Å². The third-order valence-electron chi connectivity index (χ3n) is 5.52. The van der Waals surface area contributed by atoms with Crippen LogP contribution in [0.15, 0.2) is 24.4 Å². The molecule has 3 nitrogen and oxygen atoms in total. The summed E-state index contributed by atoms with van der Waals surface area (Å²) in [4.78, 5) is 5.97. The second-order valence-corrected chi connectivity index (χ2v) is 8.24. The van der Waals surface area contributed by atoms with E-state index in [0.29, 0.717) is 0 Å². The fourth-order valence-corrected chi connectivity index (χ4v) is 5.13. The van der Waals surface area contributed by atoms with Crippen molar-refractivity contribution < 1.29 is 5.11 Å². The fraction of sp³-hybridized carbons (Fsp3) is 0.579. The Bertz CT molecular complexity index is 669. The summed E-state index contributed by atoms with van der Waals surface area (Å²) in [5, 5.41) is 12.3. The van der Waals surface area contributed by atoms with Crippen molar-refractivity contribution in [1.82, 2.24) is 9.88 Å². The van der Waals surface area contributed by atoms with Crippen LogP contribution in [0.1, 0.15) is 36.8 Å². The molecule has 23 heavy (non-hydrogen) atoms. The van der Waals surface area contributed by atoms with Crippen molar-refractivity contribution >= 4 is 22.7 Å². The standard InChI is InChI=1S/C19H26N2OS/c22-19(6-11-23-12-7-19)16-3-4-18-17(13-16)15(14-20-18)5-10-21-8-1-2-9-21/h3-4,13-14,20,22H,1-2,5-12H2. The van der Waals surface area contributed by atoms with Gasteiger partial charge in [-0.2, -0.15) is 11.8 Å². The predicted molar refractivity (Wildman–Crippen MR) is 98.1 cm³/mol. The molecular formula is C19H26N2OS. The minimum atomic E-state index is -0.622. The molecule has 1 aromatic carbocycles. The summed E-state index contributed by atoms with van der Waals surface area (Å²) < 4.78 is 0. The van der Waals surface area contributed by atoms with Gasteiger partial charge in [0.25, 0.3) is 0 Å². The number of nitrogens with one attached hydrogen (secondary N) is 1. The number of aliphatic hydroxyl groups is 1. The summed E-state index contributed by atoms with van der Waals surface area (Å²) in [6.07, 6.45) is 7.70. The molecule has 1 aromatic heterocycles. The number of fused-ring (bicyclic) bond motifs is 1. The molecule has 0 spiro atoms. The average Bonchev–Trinajstić information content (AvgIpc) is 3.22. The van der Waals surface area contributed by atoms with Gasteiger partial charge in [0.05, 0.1) is 5.60 Å². The molecule has 2 aromatic rings. The van der Waals surface area contributed by atoms with Gasteiger partial charge in [-0.25, -0.2) is 0 Å². The van der Waals surface area contributed by atoms with Gasteiger partial charge in [-0.05, 0) is 80.0 Å². The Balaban J connectivity index is 1.58. The highest BCUT2D eigenvalue weighted by Crippen LogP contribution is 2.37. The molecular weight excluding hydrogens is 304 g/mol. The van der Waals surface area contributed by atoms with E-state index in [-0.39, 0.29) is 0 Å². The van der Waals surface area contributed by atoms with E-state index in [4.69, 9.17) is 0 Å². The summed E-state index contributed by atoms with van der Waals surface area (Å²) in [6, 6.07) is 6.49. The zero-order valence-electron chi connectivity index (χ0n) is 13.7. The van der Waals surface area contributed by atoms with Crippen LogP contribution in [0.25, 0.3) is 10.9 Å². The van der Waals surface area contributed by atoms with Gasteiger partial charge in [-0.15, -0.1) is 0 Å². The Hall–Kier alpha value is -0.970. The number of aromatic amines is 1. The van der Waals surface area contributed by atoms with Crippen molar-refractivity contribution in [2.24, 2.45) is 0 Å². The Morgan fingerprint density at radius 3 is 2.74 bits per heavy atom. The molecule has 3 heterocycles. The fourth-order valence-electron chi connectivity index (χ4n) is 3.96. The minimum absolute atomic E-state index is 0.622. The molecule has 2 N–H and O–H groups in total. The summed E-state index contributed by atoms with van der Waals surface area (Å²) in [7, 11) is 0. The average molecular weight is 330 g/mol. The van der Waals surface area contributed by atoms with Crippen LogP contribution in [0, 0.1) is 0 Å². The molecule has 2 aliphatic heterocycles. The Labute approximate surface area is 142 Å². The first kappa shape index (κ1) is 15.6. The molecule has 0 amide bonds. The van der Waals surface area contributed by atoms with E-state index >= 15 is 0 Å². The molecule has 2 fully saturated rings. The maximum absolute atomic E-state index is 11.0. The second-order valence-electron chi connectivity index (χ2n) is 7.02. The highest BCUT2D eigenvalue weighted by molar-refractivity contribution is 7.99. The lowest BCUT2D eigenvalue weighted by Gasteiger charge is -2.32. The molecule has 0 atom stereocenters. The molecule has 0 aliphatic carbocycles. The molecule has 0 bridgehead atoms. The number of rotatable bonds is 4. The number of hydrogen-bond acceptors (Lipinski definition) is 3. The van der Waals surface area contributed by atoms with Gasteiger partial charge in [0.1, 0.15) is 0 Å². The lowest BCUT2D eigenvalue weighted by Crippen LogP contribution is -2.30. The van der Waals surface area contributed by atoms with E-state index in [1.54, 1.807) is 0 Å². The van der Waals surface area contributed by atoms with E-state index in [1.807, 2.05) is 11.8 Å². The molecule has 4 rings (SSSR count). The number of aromatic nitrogens is 1.